The van der Waals surface area contributed by atoms with Gasteiger partial charge in [-0.3, -0.25) is 10.1 Å². The van der Waals surface area contributed by atoms with Gasteiger partial charge in [0.1, 0.15) is 0 Å². The molecule has 3 aromatic rings. The van der Waals surface area contributed by atoms with Gasteiger partial charge in [-0.15, -0.1) is 11.3 Å². The molecule has 2 aromatic heterocycles. The Morgan fingerprint density at radius 3 is 2.74 bits per heavy atom. The molecular weight excluding hydrogens is 405 g/mol. The lowest BCUT2D eigenvalue weighted by atomic mass is 10.3. The number of aryl methyl sites for hydroxylation is 1. The molecule has 1 aromatic carbocycles. The maximum atomic E-state index is 13.0. The van der Waals surface area contributed by atoms with Crippen molar-refractivity contribution in [3.8, 4) is 11.6 Å². The second kappa shape index (κ2) is 7.57. The van der Waals surface area contributed by atoms with E-state index in [2.05, 4.69) is 15.4 Å². The highest BCUT2D eigenvalue weighted by molar-refractivity contribution is 7.15. The van der Waals surface area contributed by atoms with Crippen molar-refractivity contribution in [3.05, 3.63) is 52.1 Å². The minimum Gasteiger partial charge on any atom is -0.467 e. The molecule has 0 bridgehead atoms. The first-order chi connectivity index (χ1) is 12.7. The Hall–Kier alpha value is -2.59. The number of hydrogen-bond acceptors (Lipinski definition) is 5. The average Bonchev–Trinajstić information content (AvgIpc) is 3.19. The van der Waals surface area contributed by atoms with Crippen LogP contribution < -0.4 is 10.1 Å². The number of nitrogens with one attached hydrogen (secondary N) is 1. The van der Waals surface area contributed by atoms with E-state index in [1.807, 2.05) is 6.92 Å². The van der Waals surface area contributed by atoms with Crippen LogP contribution in [0.15, 0.2) is 36.5 Å². The van der Waals surface area contributed by atoms with Crippen molar-refractivity contribution in [2.45, 2.75) is 13.1 Å². The lowest BCUT2D eigenvalue weighted by Gasteiger charge is -2.10. The van der Waals surface area contributed by atoms with Crippen LogP contribution in [-0.2, 0) is 11.0 Å². The number of hydrogen-bond donors (Lipinski definition) is 1. The minimum atomic E-state index is -4.68. The molecule has 0 saturated carbocycles. The van der Waals surface area contributed by atoms with Crippen molar-refractivity contribution >= 4 is 34.0 Å². The van der Waals surface area contributed by atoms with Crippen LogP contribution >= 0.6 is 22.9 Å². The number of halogens is 4. The van der Waals surface area contributed by atoms with Gasteiger partial charge in [0, 0.05) is 17.1 Å². The third kappa shape index (κ3) is 4.58. The first-order valence-electron chi connectivity index (χ1n) is 7.51. The number of carbonyl (C=O) groups excluding carboxylic acids is 1. The molecule has 0 saturated heterocycles. The van der Waals surface area contributed by atoms with Gasteiger partial charge in [0.25, 0.3) is 5.91 Å². The molecule has 1 amide bonds. The van der Waals surface area contributed by atoms with Gasteiger partial charge < -0.3 is 4.74 Å². The molecule has 11 heteroatoms. The molecule has 0 unspecified atom stereocenters. The summed E-state index contributed by atoms with van der Waals surface area (Å²) in [7, 11) is 0. The van der Waals surface area contributed by atoms with Gasteiger partial charge in [-0.25, -0.2) is 4.98 Å². The molecule has 142 valence electrons. The van der Waals surface area contributed by atoms with Crippen LogP contribution in [0.25, 0.3) is 5.69 Å². The van der Waals surface area contributed by atoms with Gasteiger partial charge in [-0.2, -0.15) is 23.0 Å². The number of amides is 1. The number of anilines is 1. The van der Waals surface area contributed by atoms with E-state index in [4.69, 9.17) is 16.3 Å². The first-order valence-corrected chi connectivity index (χ1v) is 8.71. The number of para-hydroxylation sites is 1. The molecule has 0 spiro atoms. The van der Waals surface area contributed by atoms with Crippen molar-refractivity contribution in [2.24, 2.45) is 0 Å². The third-order valence-electron chi connectivity index (χ3n) is 3.27. The van der Waals surface area contributed by atoms with Crippen LogP contribution in [0.1, 0.15) is 10.6 Å². The number of thiazole rings is 1. The summed E-state index contributed by atoms with van der Waals surface area (Å²) in [6.45, 7) is 1.30. The average molecular weight is 417 g/mol. The highest BCUT2D eigenvalue weighted by Crippen LogP contribution is 2.33. The number of carbonyl (C=O) groups is 1. The Labute approximate surface area is 160 Å². The van der Waals surface area contributed by atoms with Gasteiger partial charge >= 0.3 is 6.18 Å². The van der Waals surface area contributed by atoms with E-state index in [0.717, 1.165) is 9.56 Å². The molecule has 0 aliphatic heterocycles. The van der Waals surface area contributed by atoms with Crippen LogP contribution in [0, 0.1) is 6.92 Å². The summed E-state index contributed by atoms with van der Waals surface area (Å²) in [5.41, 5.74) is -0.964. The molecule has 6 nitrogen and oxygen atoms in total. The summed E-state index contributed by atoms with van der Waals surface area (Å²) in [4.78, 5) is 16.8. The Balaban J connectivity index is 1.82. The molecular formula is C16H12ClF3N4O2S. The van der Waals surface area contributed by atoms with Gasteiger partial charge in [0.15, 0.2) is 17.4 Å². The van der Waals surface area contributed by atoms with Crippen LogP contribution in [0.4, 0.5) is 18.3 Å². The summed E-state index contributed by atoms with van der Waals surface area (Å²) in [6, 6.07) is 6.93. The number of ether oxygens (including phenoxy) is 1. The predicted molar refractivity (Wildman–Crippen MR) is 94.6 cm³/mol. The standard InChI is InChI=1S/C16H12ClF3N4O2S/c1-9-7-21-15(27-9)22-13(25)8-26-14-6-12(16(18,19)20)23-24(14)11-5-3-2-4-10(11)17/h2-7H,8H2,1H3,(H,21,22,25). The molecule has 0 aliphatic rings. The molecule has 0 aliphatic carbocycles. The summed E-state index contributed by atoms with van der Waals surface area (Å²) >= 11 is 7.31. The normalized spacial score (nSPS) is 11.4. The van der Waals surface area contributed by atoms with E-state index in [1.165, 1.54) is 23.5 Å². The van der Waals surface area contributed by atoms with E-state index >= 15 is 0 Å². The van der Waals surface area contributed by atoms with Crippen molar-refractivity contribution < 1.29 is 22.7 Å². The lowest BCUT2D eigenvalue weighted by molar-refractivity contribution is -0.141. The summed E-state index contributed by atoms with van der Waals surface area (Å²) in [5.74, 6) is -0.828. The smallest absolute Gasteiger partial charge is 0.435 e. The van der Waals surface area contributed by atoms with Crippen molar-refractivity contribution in [2.75, 3.05) is 11.9 Å². The highest BCUT2D eigenvalue weighted by Gasteiger charge is 2.36. The van der Waals surface area contributed by atoms with Crippen molar-refractivity contribution in [3.63, 3.8) is 0 Å². The maximum Gasteiger partial charge on any atom is 0.435 e. The largest absolute Gasteiger partial charge is 0.467 e. The minimum absolute atomic E-state index is 0.182. The number of nitrogens with zero attached hydrogens (tertiary/aromatic N) is 3. The van der Waals surface area contributed by atoms with Crippen LogP contribution in [0.2, 0.25) is 5.02 Å². The van der Waals surface area contributed by atoms with Gasteiger partial charge in [0.2, 0.25) is 5.88 Å². The monoisotopic (exact) mass is 416 g/mol. The zero-order chi connectivity index (χ0) is 19.6. The van der Waals surface area contributed by atoms with Gasteiger partial charge in [-0.1, -0.05) is 23.7 Å². The van der Waals surface area contributed by atoms with Gasteiger partial charge in [0.05, 0.1) is 10.7 Å². The van der Waals surface area contributed by atoms with Gasteiger partial charge in [-0.05, 0) is 19.1 Å². The predicted octanol–water partition coefficient (Wildman–Crippen LogP) is 4.33. The van der Waals surface area contributed by atoms with E-state index in [1.54, 1.807) is 18.3 Å². The fourth-order valence-electron chi connectivity index (χ4n) is 2.11. The van der Waals surface area contributed by atoms with Crippen molar-refractivity contribution in [1.82, 2.24) is 14.8 Å². The number of rotatable bonds is 5. The zero-order valence-electron chi connectivity index (χ0n) is 13.7. The van der Waals surface area contributed by atoms with E-state index in [9.17, 15) is 18.0 Å². The molecule has 0 atom stereocenters. The zero-order valence-corrected chi connectivity index (χ0v) is 15.3. The molecule has 0 radical (unpaired) electrons. The Morgan fingerprint density at radius 2 is 2.11 bits per heavy atom. The lowest BCUT2D eigenvalue weighted by Crippen LogP contribution is -2.21. The Kier molecular flexibility index (Phi) is 5.38. The number of aromatic nitrogens is 3. The SMILES string of the molecule is Cc1cnc(NC(=O)COc2cc(C(F)(F)F)nn2-c2ccccc2Cl)s1. The maximum absolute atomic E-state index is 13.0. The number of alkyl halides is 3. The second-order valence-corrected chi connectivity index (χ2v) is 6.98. The molecule has 2 heterocycles. The first kappa shape index (κ1) is 19.2. The van der Waals surface area contributed by atoms with E-state index in [-0.39, 0.29) is 16.6 Å². The number of benzene rings is 1. The molecule has 0 fully saturated rings. The Bertz CT molecular complexity index is 971. The fourth-order valence-corrected chi connectivity index (χ4v) is 3.01. The molecule has 27 heavy (non-hydrogen) atoms. The van der Waals surface area contributed by atoms with Crippen LogP contribution in [0.3, 0.4) is 0 Å². The highest BCUT2D eigenvalue weighted by atomic mass is 35.5. The topological polar surface area (TPSA) is 69.0 Å². The fraction of sp³-hybridized carbons (Fsp3) is 0.188. The van der Waals surface area contributed by atoms with E-state index in [0.29, 0.717) is 11.2 Å². The van der Waals surface area contributed by atoms with Crippen molar-refractivity contribution in [1.29, 1.82) is 0 Å². The second-order valence-electron chi connectivity index (χ2n) is 5.34. The third-order valence-corrected chi connectivity index (χ3v) is 4.41. The molecule has 1 N–H and O–H groups in total. The summed E-state index contributed by atoms with van der Waals surface area (Å²) in [5, 5.41) is 6.58. The van der Waals surface area contributed by atoms with Crippen LogP contribution in [0.5, 0.6) is 5.88 Å². The summed E-state index contributed by atoms with van der Waals surface area (Å²) in [6.07, 6.45) is -3.09. The quantitative estimate of drug-likeness (QED) is 0.672. The summed E-state index contributed by atoms with van der Waals surface area (Å²) < 4.78 is 45.3. The molecule has 3 rings (SSSR count). The Morgan fingerprint density at radius 1 is 1.37 bits per heavy atom. The van der Waals surface area contributed by atoms with Crippen LogP contribution in [-0.4, -0.2) is 27.3 Å². The van der Waals surface area contributed by atoms with E-state index < -0.39 is 24.4 Å².